The molecule has 0 aromatic heterocycles. The minimum absolute atomic E-state index is 0.0920. The lowest BCUT2D eigenvalue weighted by Gasteiger charge is -2.25. The van der Waals surface area contributed by atoms with Crippen LogP contribution >= 0.6 is 0 Å². The highest BCUT2D eigenvalue weighted by Gasteiger charge is 2.26. The van der Waals surface area contributed by atoms with Crippen molar-refractivity contribution in [2.75, 3.05) is 5.75 Å². The standard InChI is InChI=1S/C15H25FOS/c1-5-8-12(11-18(17)15(2,3)4)13-9-6-7-10-14(13)16/h9-10,12H,5-8,11H2,1-4H3/t12?,18-/m1/s1. The summed E-state index contributed by atoms with van der Waals surface area (Å²) in [5, 5.41) is 0. The summed E-state index contributed by atoms with van der Waals surface area (Å²) in [5.41, 5.74) is 0.792. The van der Waals surface area contributed by atoms with Gasteiger partial charge in [-0.2, -0.15) is 0 Å². The van der Waals surface area contributed by atoms with Crippen molar-refractivity contribution in [3.05, 3.63) is 23.6 Å². The Labute approximate surface area is 113 Å². The molecule has 0 heterocycles. The van der Waals surface area contributed by atoms with Crippen LogP contribution in [0.25, 0.3) is 0 Å². The van der Waals surface area contributed by atoms with Crippen molar-refractivity contribution < 1.29 is 8.60 Å². The van der Waals surface area contributed by atoms with Gasteiger partial charge in [-0.05, 0) is 57.6 Å². The SMILES string of the molecule is CCCC(C[S@@](=O)C(C)(C)C)C1=CCCC=C1F. The van der Waals surface area contributed by atoms with Gasteiger partial charge in [-0.1, -0.05) is 19.4 Å². The van der Waals surface area contributed by atoms with E-state index in [4.69, 9.17) is 0 Å². The molecule has 0 aromatic rings. The first-order valence-corrected chi connectivity index (χ1v) is 8.12. The molecule has 0 radical (unpaired) electrons. The average molecular weight is 272 g/mol. The molecule has 0 saturated carbocycles. The van der Waals surface area contributed by atoms with Crippen LogP contribution in [0.1, 0.15) is 53.4 Å². The third kappa shape index (κ3) is 4.34. The van der Waals surface area contributed by atoms with Gasteiger partial charge in [0.2, 0.25) is 0 Å². The van der Waals surface area contributed by atoms with Crippen LogP contribution in [-0.2, 0) is 10.8 Å². The molecule has 104 valence electrons. The third-order valence-electron chi connectivity index (χ3n) is 3.24. The average Bonchev–Trinajstić information content (AvgIpc) is 2.28. The highest BCUT2D eigenvalue weighted by Crippen LogP contribution is 2.31. The Hall–Kier alpha value is -0.440. The topological polar surface area (TPSA) is 17.1 Å². The predicted octanol–water partition coefficient (Wildman–Crippen LogP) is 4.52. The van der Waals surface area contributed by atoms with E-state index in [1.54, 1.807) is 6.08 Å². The lowest BCUT2D eigenvalue weighted by Crippen LogP contribution is -2.28. The van der Waals surface area contributed by atoms with E-state index >= 15 is 0 Å². The van der Waals surface area contributed by atoms with Gasteiger partial charge in [0.15, 0.2) is 0 Å². The zero-order valence-corrected chi connectivity index (χ0v) is 12.8. The normalized spacial score (nSPS) is 20.1. The fourth-order valence-corrected chi connectivity index (χ4v) is 3.35. The Morgan fingerprint density at radius 1 is 1.33 bits per heavy atom. The molecule has 1 unspecified atom stereocenters. The Morgan fingerprint density at radius 2 is 1.94 bits per heavy atom. The molecule has 0 amide bonds. The quantitative estimate of drug-likeness (QED) is 0.719. The molecule has 1 aliphatic carbocycles. The summed E-state index contributed by atoms with van der Waals surface area (Å²) < 4.78 is 25.9. The number of rotatable bonds is 5. The van der Waals surface area contributed by atoms with Gasteiger partial charge in [-0.3, -0.25) is 4.21 Å². The lowest BCUT2D eigenvalue weighted by atomic mass is 9.91. The van der Waals surface area contributed by atoms with Crippen LogP contribution in [0.4, 0.5) is 4.39 Å². The molecule has 0 saturated heterocycles. The van der Waals surface area contributed by atoms with Crippen LogP contribution < -0.4 is 0 Å². The summed E-state index contributed by atoms with van der Waals surface area (Å²) in [6, 6.07) is 0. The van der Waals surface area contributed by atoms with E-state index in [2.05, 4.69) is 6.92 Å². The molecule has 18 heavy (non-hydrogen) atoms. The Balaban J connectivity index is 2.80. The Kier molecular flexibility index (Phi) is 5.77. The van der Waals surface area contributed by atoms with Crippen molar-refractivity contribution in [2.24, 2.45) is 5.92 Å². The van der Waals surface area contributed by atoms with Crippen LogP contribution in [0.2, 0.25) is 0 Å². The molecule has 0 aliphatic heterocycles. The summed E-state index contributed by atoms with van der Waals surface area (Å²) in [5.74, 6) is 0.585. The van der Waals surface area contributed by atoms with Crippen molar-refractivity contribution in [3.8, 4) is 0 Å². The number of hydrogen-bond donors (Lipinski definition) is 0. The van der Waals surface area contributed by atoms with Crippen molar-refractivity contribution in [3.63, 3.8) is 0 Å². The second-order valence-corrected chi connectivity index (χ2v) is 8.15. The summed E-state index contributed by atoms with van der Waals surface area (Å²) in [6.07, 6.45) is 7.26. The molecule has 2 atom stereocenters. The molecule has 0 fully saturated rings. The van der Waals surface area contributed by atoms with Crippen molar-refractivity contribution in [1.29, 1.82) is 0 Å². The van der Waals surface area contributed by atoms with E-state index in [0.717, 1.165) is 31.3 Å². The maximum atomic E-state index is 13.9. The molecular formula is C15H25FOS. The molecule has 3 heteroatoms. The fraction of sp³-hybridized carbons (Fsp3) is 0.733. The maximum Gasteiger partial charge on any atom is 0.122 e. The minimum atomic E-state index is -0.920. The Bertz CT molecular complexity index is 363. The van der Waals surface area contributed by atoms with Gasteiger partial charge in [-0.25, -0.2) is 4.39 Å². The zero-order chi connectivity index (χ0) is 13.8. The van der Waals surface area contributed by atoms with Gasteiger partial charge in [0.1, 0.15) is 5.83 Å². The van der Waals surface area contributed by atoms with Gasteiger partial charge in [-0.15, -0.1) is 0 Å². The molecule has 0 bridgehead atoms. The van der Waals surface area contributed by atoms with E-state index in [-0.39, 0.29) is 16.5 Å². The van der Waals surface area contributed by atoms with E-state index < -0.39 is 10.8 Å². The largest absolute Gasteiger partial charge is 0.259 e. The summed E-state index contributed by atoms with van der Waals surface area (Å²) in [7, 11) is -0.920. The Morgan fingerprint density at radius 3 is 2.44 bits per heavy atom. The lowest BCUT2D eigenvalue weighted by molar-refractivity contribution is 0.537. The first-order valence-electron chi connectivity index (χ1n) is 6.80. The molecule has 0 N–H and O–H groups in total. The van der Waals surface area contributed by atoms with E-state index in [0.29, 0.717) is 5.75 Å². The van der Waals surface area contributed by atoms with E-state index in [1.807, 2.05) is 26.8 Å². The summed E-state index contributed by atoms with van der Waals surface area (Å²) in [4.78, 5) is 0. The molecular weight excluding hydrogens is 247 g/mol. The molecule has 1 aliphatic rings. The maximum absolute atomic E-state index is 13.9. The van der Waals surface area contributed by atoms with Crippen LogP contribution in [-0.4, -0.2) is 14.7 Å². The third-order valence-corrected chi connectivity index (χ3v) is 5.31. The van der Waals surface area contributed by atoms with E-state index in [9.17, 15) is 8.60 Å². The predicted molar refractivity (Wildman–Crippen MR) is 77.7 cm³/mol. The summed E-state index contributed by atoms with van der Waals surface area (Å²) in [6.45, 7) is 8.03. The first-order chi connectivity index (χ1) is 8.36. The highest BCUT2D eigenvalue weighted by atomic mass is 32.2. The van der Waals surface area contributed by atoms with E-state index in [1.165, 1.54) is 0 Å². The molecule has 0 aromatic carbocycles. The van der Waals surface area contributed by atoms with Crippen molar-refractivity contribution in [1.82, 2.24) is 0 Å². The second-order valence-electron chi connectivity index (χ2n) is 5.90. The van der Waals surface area contributed by atoms with Crippen molar-refractivity contribution in [2.45, 2.75) is 58.1 Å². The van der Waals surface area contributed by atoms with Gasteiger partial charge < -0.3 is 0 Å². The smallest absolute Gasteiger partial charge is 0.122 e. The van der Waals surface area contributed by atoms with Gasteiger partial charge in [0, 0.05) is 21.3 Å². The van der Waals surface area contributed by atoms with Crippen molar-refractivity contribution >= 4 is 10.8 Å². The van der Waals surface area contributed by atoms with Gasteiger partial charge in [0.05, 0.1) is 0 Å². The zero-order valence-electron chi connectivity index (χ0n) is 12.0. The van der Waals surface area contributed by atoms with Gasteiger partial charge in [0.25, 0.3) is 0 Å². The van der Waals surface area contributed by atoms with Crippen LogP contribution in [0, 0.1) is 5.92 Å². The molecule has 1 rings (SSSR count). The van der Waals surface area contributed by atoms with Crippen LogP contribution in [0.5, 0.6) is 0 Å². The summed E-state index contributed by atoms with van der Waals surface area (Å²) >= 11 is 0. The fourth-order valence-electron chi connectivity index (χ4n) is 2.14. The van der Waals surface area contributed by atoms with Gasteiger partial charge >= 0.3 is 0 Å². The first kappa shape index (κ1) is 15.6. The number of halogens is 1. The second kappa shape index (κ2) is 6.65. The molecule has 1 nitrogen and oxygen atoms in total. The highest BCUT2D eigenvalue weighted by molar-refractivity contribution is 7.86. The van der Waals surface area contributed by atoms with Crippen LogP contribution in [0.3, 0.4) is 0 Å². The van der Waals surface area contributed by atoms with Crippen LogP contribution in [0.15, 0.2) is 23.6 Å². The molecule has 0 spiro atoms. The monoisotopic (exact) mass is 272 g/mol. The number of allylic oxidation sites excluding steroid dienone is 4. The minimum Gasteiger partial charge on any atom is -0.259 e. The number of hydrogen-bond acceptors (Lipinski definition) is 1.